The first-order valence-electron chi connectivity index (χ1n) is 8.89. The van der Waals surface area contributed by atoms with Gasteiger partial charge in [0.2, 0.25) is 0 Å². The predicted molar refractivity (Wildman–Crippen MR) is 108 cm³/mol. The summed E-state index contributed by atoms with van der Waals surface area (Å²) >= 11 is 1.80. The number of hydrogen-bond acceptors (Lipinski definition) is 4. The number of esters is 1. The number of fused-ring (bicyclic) bond motifs is 1. The van der Waals surface area contributed by atoms with Crippen LogP contribution in [0.2, 0.25) is 4.82 Å². The molecule has 0 unspecified atom stereocenters. The molecule has 0 radical (unpaired) electrons. The van der Waals surface area contributed by atoms with Crippen LogP contribution in [-0.2, 0) is 20.9 Å². The summed E-state index contributed by atoms with van der Waals surface area (Å²) in [6.45, 7) is 4.30. The molecule has 0 aliphatic carbocycles. The van der Waals surface area contributed by atoms with E-state index in [0.29, 0.717) is 0 Å². The van der Waals surface area contributed by atoms with Crippen molar-refractivity contribution in [3.63, 3.8) is 0 Å². The van der Waals surface area contributed by atoms with Gasteiger partial charge in [-0.05, 0) is 0 Å². The maximum atomic E-state index is 12.8. The Hall–Kier alpha value is -1.75. The van der Waals surface area contributed by atoms with Crippen LogP contribution in [0.1, 0.15) is 19.4 Å². The molecule has 140 valence electrons. The molecule has 4 nitrogen and oxygen atoms in total. The van der Waals surface area contributed by atoms with Crippen molar-refractivity contribution in [2.75, 3.05) is 0 Å². The molecule has 0 N–H and O–H groups in total. The quantitative estimate of drug-likeness (QED) is 0.403. The third-order valence-corrected chi connectivity index (χ3v) is 9.44. The summed E-state index contributed by atoms with van der Waals surface area (Å²) in [5.41, 5.74) is 0.950. The number of benzene rings is 2. The van der Waals surface area contributed by atoms with Crippen molar-refractivity contribution in [1.82, 2.24) is 4.90 Å². The Bertz CT molecular complexity index is 843. The summed E-state index contributed by atoms with van der Waals surface area (Å²) in [4.78, 5) is 27.4. The van der Waals surface area contributed by atoms with Crippen molar-refractivity contribution in [2.24, 2.45) is 0 Å². The molecule has 2 saturated heterocycles. The zero-order valence-corrected chi connectivity index (χ0v) is 17.7. The molecule has 0 spiro atoms. The van der Waals surface area contributed by atoms with Gasteiger partial charge in [-0.15, -0.1) is 0 Å². The van der Waals surface area contributed by atoms with E-state index in [0.717, 1.165) is 5.56 Å². The standard InChI is InChI=1S/C21H21NO3SSe/c1-21(2)17(20(24)25-13-14-9-5-3-6-10-14)22-18(23)16(19(22)26-21)27-15-11-7-4-8-12-15/h3-12,16-17,19H,13H2,1-2H3/t16-,17+,19-/m1/s1. The first-order chi connectivity index (χ1) is 13.0. The van der Waals surface area contributed by atoms with Crippen LogP contribution in [-0.4, -0.2) is 47.9 Å². The Morgan fingerprint density at radius 3 is 2.41 bits per heavy atom. The summed E-state index contributed by atoms with van der Waals surface area (Å²) in [6.07, 6.45) is 0. The molecule has 2 aliphatic heterocycles. The van der Waals surface area contributed by atoms with E-state index >= 15 is 0 Å². The summed E-state index contributed by atoms with van der Waals surface area (Å²) in [5, 5.41) is 0.0713. The molecular weight excluding hydrogens is 425 g/mol. The summed E-state index contributed by atoms with van der Waals surface area (Å²) in [7, 11) is 0. The van der Waals surface area contributed by atoms with Gasteiger partial charge in [-0.2, -0.15) is 0 Å². The number of β-lactam (4-membered cyclic amide) rings is 1. The van der Waals surface area contributed by atoms with Crippen LogP contribution in [0, 0.1) is 0 Å². The molecule has 2 aromatic carbocycles. The first kappa shape index (κ1) is 18.6. The van der Waals surface area contributed by atoms with Gasteiger partial charge in [0, 0.05) is 0 Å². The molecule has 0 saturated carbocycles. The molecule has 0 aromatic heterocycles. The van der Waals surface area contributed by atoms with E-state index in [1.165, 1.54) is 4.46 Å². The van der Waals surface area contributed by atoms with Gasteiger partial charge in [-0.3, -0.25) is 0 Å². The van der Waals surface area contributed by atoms with Gasteiger partial charge in [0.05, 0.1) is 0 Å². The normalized spacial score (nSPS) is 25.6. The first-order valence-corrected chi connectivity index (χ1v) is 11.6. The molecule has 0 bridgehead atoms. The molecule has 3 atom stereocenters. The molecule has 27 heavy (non-hydrogen) atoms. The van der Waals surface area contributed by atoms with Crippen molar-refractivity contribution in [1.29, 1.82) is 0 Å². The molecule has 1 amide bonds. The second-order valence-electron chi connectivity index (χ2n) is 7.20. The van der Waals surface area contributed by atoms with Gasteiger partial charge in [0.25, 0.3) is 0 Å². The molecule has 2 fully saturated rings. The topological polar surface area (TPSA) is 46.6 Å². The van der Waals surface area contributed by atoms with E-state index in [1.807, 2.05) is 62.4 Å². The van der Waals surface area contributed by atoms with E-state index in [9.17, 15) is 9.59 Å². The van der Waals surface area contributed by atoms with Gasteiger partial charge >= 0.3 is 170 Å². The van der Waals surface area contributed by atoms with E-state index in [2.05, 4.69) is 12.1 Å². The van der Waals surface area contributed by atoms with E-state index in [-0.39, 0.29) is 48.4 Å². The Balaban J connectivity index is 1.45. The van der Waals surface area contributed by atoms with Gasteiger partial charge in [-0.1, -0.05) is 0 Å². The Morgan fingerprint density at radius 2 is 1.74 bits per heavy atom. The van der Waals surface area contributed by atoms with E-state index in [1.54, 1.807) is 16.7 Å². The number of ether oxygens (including phenoxy) is 1. The minimum atomic E-state index is -0.522. The molecular formula is C21H21NO3SSe. The van der Waals surface area contributed by atoms with E-state index in [4.69, 9.17) is 4.74 Å². The number of nitrogens with zero attached hydrogens (tertiary/aromatic N) is 1. The summed E-state index contributed by atoms with van der Waals surface area (Å²) in [5.74, 6) is -0.221. The molecule has 2 aromatic rings. The minimum absolute atomic E-state index is 0.00361. The fourth-order valence-corrected chi connectivity index (χ4v) is 7.96. The number of carbonyl (C=O) groups excluding carboxylic acids is 2. The number of carbonyl (C=O) groups is 2. The number of thioether (sulfide) groups is 1. The molecule has 2 heterocycles. The SMILES string of the molecule is CC1(C)S[C@@H]2[C@H]([Se]c3ccccc3)C(=O)N2[C@H]1C(=O)OCc1ccccc1. The van der Waals surface area contributed by atoms with Crippen molar-refractivity contribution in [3.8, 4) is 0 Å². The van der Waals surface area contributed by atoms with Crippen molar-refractivity contribution in [3.05, 3.63) is 66.2 Å². The zero-order chi connectivity index (χ0) is 19.0. The summed E-state index contributed by atoms with van der Waals surface area (Å²) in [6, 6.07) is 19.3. The molecule has 4 rings (SSSR count). The fraction of sp³-hybridized carbons (Fsp3) is 0.333. The van der Waals surface area contributed by atoms with Gasteiger partial charge in [0.15, 0.2) is 0 Å². The number of rotatable bonds is 5. The van der Waals surface area contributed by atoms with Crippen LogP contribution < -0.4 is 4.46 Å². The Morgan fingerprint density at radius 1 is 1.11 bits per heavy atom. The second-order valence-corrected chi connectivity index (χ2v) is 11.5. The van der Waals surface area contributed by atoms with Gasteiger partial charge in [-0.25, -0.2) is 0 Å². The molecule has 6 heteroatoms. The van der Waals surface area contributed by atoms with Crippen LogP contribution in [0.4, 0.5) is 0 Å². The second kappa shape index (κ2) is 7.34. The zero-order valence-electron chi connectivity index (χ0n) is 15.2. The third kappa shape index (κ3) is 3.54. The average molecular weight is 446 g/mol. The van der Waals surface area contributed by atoms with Crippen LogP contribution in [0.15, 0.2) is 60.7 Å². The van der Waals surface area contributed by atoms with Crippen molar-refractivity contribution in [2.45, 2.75) is 41.4 Å². The molecule has 2 aliphatic rings. The fourth-order valence-electron chi connectivity index (χ4n) is 3.52. The van der Waals surface area contributed by atoms with Crippen LogP contribution in [0.25, 0.3) is 0 Å². The Kier molecular flexibility index (Phi) is 5.06. The van der Waals surface area contributed by atoms with Gasteiger partial charge < -0.3 is 0 Å². The maximum absolute atomic E-state index is 12.8. The monoisotopic (exact) mass is 447 g/mol. The van der Waals surface area contributed by atoms with Crippen molar-refractivity contribution >= 4 is 43.1 Å². The van der Waals surface area contributed by atoms with Crippen molar-refractivity contribution < 1.29 is 14.3 Å². The average Bonchev–Trinajstić information content (AvgIpc) is 2.94. The number of hydrogen-bond donors (Lipinski definition) is 0. The van der Waals surface area contributed by atoms with E-state index < -0.39 is 6.04 Å². The predicted octanol–water partition coefficient (Wildman–Crippen LogP) is 2.61. The van der Waals surface area contributed by atoms with Crippen LogP contribution in [0.5, 0.6) is 0 Å². The van der Waals surface area contributed by atoms with Gasteiger partial charge in [0.1, 0.15) is 0 Å². The summed E-state index contributed by atoms with van der Waals surface area (Å²) < 4.78 is 6.43. The van der Waals surface area contributed by atoms with Crippen LogP contribution in [0.3, 0.4) is 0 Å². The van der Waals surface area contributed by atoms with Crippen LogP contribution >= 0.6 is 11.8 Å². The number of amides is 1. The third-order valence-electron chi connectivity index (χ3n) is 4.85. The Labute approximate surface area is 169 Å².